The van der Waals surface area contributed by atoms with Crippen molar-refractivity contribution in [2.24, 2.45) is 0 Å². The number of aromatic amines is 1. The average Bonchev–Trinajstić information content (AvgIpc) is 2.55. The standard InChI is InChI=1S/C17H22N2O2S2/c1-2-10-22-13-14-12-16(20)19-17(18-14)23-11-6-9-21-15-7-4-3-5-8-15/h3-5,7-8,12H,2,6,9-11,13H2,1H3,(H,18,19,20). The zero-order chi connectivity index (χ0) is 16.3. The highest BCUT2D eigenvalue weighted by atomic mass is 32.2. The molecule has 0 spiro atoms. The highest BCUT2D eigenvalue weighted by Crippen LogP contribution is 2.16. The lowest BCUT2D eigenvalue weighted by Gasteiger charge is -2.06. The van der Waals surface area contributed by atoms with Crippen LogP contribution < -0.4 is 10.3 Å². The lowest BCUT2D eigenvalue weighted by Crippen LogP contribution is -2.10. The van der Waals surface area contributed by atoms with Crippen molar-refractivity contribution in [2.75, 3.05) is 18.1 Å². The van der Waals surface area contributed by atoms with Gasteiger partial charge in [-0.3, -0.25) is 4.79 Å². The number of H-pyrrole nitrogens is 1. The van der Waals surface area contributed by atoms with Crippen LogP contribution in [0.1, 0.15) is 25.5 Å². The van der Waals surface area contributed by atoms with E-state index in [1.54, 1.807) is 17.8 Å². The van der Waals surface area contributed by atoms with Gasteiger partial charge in [-0.25, -0.2) is 4.98 Å². The monoisotopic (exact) mass is 350 g/mol. The molecule has 2 rings (SSSR count). The van der Waals surface area contributed by atoms with Gasteiger partial charge in [0.25, 0.3) is 5.56 Å². The average molecular weight is 351 g/mol. The Balaban J connectivity index is 1.73. The third-order valence-corrected chi connectivity index (χ3v) is 5.07. The number of nitrogens with one attached hydrogen (secondary N) is 1. The third-order valence-electron chi connectivity index (χ3n) is 2.91. The molecule has 0 saturated carbocycles. The molecule has 4 nitrogen and oxygen atoms in total. The van der Waals surface area contributed by atoms with Crippen LogP contribution in [0, 0.1) is 0 Å². The van der Waals surface area contributed by atoms with Crippen LogP contribution in [0.25, 0.3) is 0 Å². The summed E-state index contributed by atoms with van der Waals surface area (Å²) in [6.07, 6.45) is 2.04. The maximum atomic E-state index is 11.7. The maximum absolute atomic E-state index is 11.7. The zero-order valence-electron chi connectivity index (χ0n) is 13.3. The summed E-state index contributed by atoms with van der Waals surface area (Å²) in [5.74, 6) is 3.64. The molecule has 0 radical (unpaired) electrons. The second-order valence-corrected chi connectivity index (χ2v) is 7.15. The first kappa shape index (κ1) is 17.9. The first-order chi connectivity index (χ1) is 11.3. The van der Waals surface area contributed by atoms with Crippen molar-refractivity contribution in [3.63, 3.8) is 0 Å². The summed E-state index contributed by atoms with van der Waals surface area (Å²) in [4.78, 5) is 19.0. The number of hydrogen-bond donors (Lipinski definition) is 1. The van der Waals surface area contributed by atoms with E-state index in [0.717, 1.165) is 41.5 Å². The number of hydrogen-bond acceptors (Lipinski definition) is 5. The van der Waals surface area contributed by atoms with Crippen molar-refractivity contribution in [3.05, 3.63) is 52.4 Å². The van der Waals surface area contributed by atoms with Crippen molar-refractivity contribution >= 4 is 23.5 Å². The van der Waals surface area contributed by atoms with Gasteiger partial charge >= 0.3 is 0 Å². The fourth-order valence-electron chi connectivity index (χ4n) is 1.88. The van der Waals surface area contributed by atoms with Crippen LogP contribution in [0.4, 0.5) is 0 Å². The summed E-state index contributed by atoms with van der Waals surface area (Å²) in [5.41, 5.74) is 0.783. The van der Waals surface area contributed by atoms with E-state index in [1.165, 1.54) is 0 Å². The summed E-state index contributed by atoms with van der Waals surface area (Å²) in [7, 11) is 0. The van der Waals surface area contributed by atoms with Gasteiger partial charge in [-0.1, -0.05) is 36.9 Å². The molecular weight excluding hydrogens is 328 g/mol. The summed E-state index contributed by atoms with van der Waals surface area (Å²) in [6.45, 7) is 2.81. The molecule has 0 unspecified atom stereocenters. The Morgan fingerprint density at radius 3 is 2.83 bits per heavy atom. The lowest BCUT2D eigenvalue weighted by molar-refractivity contribution is 0.318. The summed E-state index contributed by atoms with van der Waals surface area (Å²) in [6, 6.07) is 11.4. The van der Waals surface area contributed by atoms with Gasteiger partial charge in [-0.15, -0.1) is 0 Å². The first-order valence-electron chi connectivity index (χ1n) is 7.76. The Hall–Kier alpha value is -1.40. The van der Waals surface area contributed by atoms with Gasteiger partial charge in [0, 0.05) is 17.6 Å². The number of ether oxygens (including phenoxy) is 1. The molecule has 1 heterocycles. The number of para-hydroxylation sites is 1. The van der Waals surface area contributed by atoms with Crippen LogP contribution in [0.2, 0.25) is 0 Å². The number of benzene rings is 1. The van der Waals surface area contributed by atoms with Gasteiger partial charge in [0.2, 0.25) is 0 Å². The van der Waals surface area contributed by atoms with E-state index in [-0.39, 0.29) is 5.56 Å². The van der Waals surface area contributed by atoms with Crippen LogP contribution >= 0.6 is 23.5 Å². The largest absolute Gasteiger partial charge is 0.494 e. The smallest absolute Gasteiger partial charge is 0.251 e. The minimum atomic E-state index is -0.0739. The van der Waals surface area contributed by atoms with Crippen molar-refractivity contribution in [1.82, 2.24) is 9.97 Å². The molecule has 1 N–H and O–H groups in total. The number of thioether (sulfide) groups is 2. The van der Waals surface area contributed by atoms with E-state index in [2.05, 4.69) is 16.9 Å². The van der Waals surface area contributed by atoms with Gasteiger partial charge in [-0.05, 0) is 30.7 Å². The van der Waals surface area contributed by atoms with Gasteiger partial charge in [0.1, 0.15) is 5.75 Å². The van der Waals surface area contributed by atoms with Gasteiger partial charge in [-0.2, -0.15) is 11.8 Å². The minimum absolute atomic E-state index is 0.0739. The maximum Gasteiger partial charge on any atom is 0.251 e. The SMILES string of the molecule is CCCSCc1cc(=O)[nH]c(SCCCOc2ccccc2)n1. The number of aromatic nitrogens is 2. The Bertz CT molecular complexity index is 632. The van der Waals surface area contributed by atoms with E-state index in [0.29, 0.717) is 11.8 Å². The van der Waals surface area contributed by atoms with Crippen LogP contribution in [-0.4, -0.2) is 28.1 Å². The molecule has 124 valence electrons. The van der Waals surface area contributed by atoms with Crippen LogP contribution in [0.15, 0.2) is 46.3 Å². The highest BCUT2D eigenvalue weighted by molar-refractivity contribution is 7.99. The second-order valence-electron chi connectivity index (χ2n) is 4.96. The predicted molar refractivity (Wildman–Crippen MR) is 98.6 cm³/mol. The molecule has 2 aromatic rings. The zero-order valence-corrected chi connectivity index (χ0v) is 14.9. The van der Waals surface area contributed by atoms with E-state index in [4.69, 9.17) is 4.74 Å². The Morgan fingerprint density at radius 2 is 2.04 bits per heavy atom. The first-order valence-corrected chi connectivity index (χ1v) is 9.90. The third kappa shape index (κ3) is 7.14. The van der Waals surface area contributed by atoms with Gasteiger partial charge in [0.15, 0.2) is 5.16 Å². The molecule has 0 bridgehead atoms. The van der Waals surface area contributed by atoms with E-state index >= 15 is 0 Å². The minimum Gasteiger partial charge on any atom is -0.494 e. The summed E-state index contributed by atoms with van der Waals surface area (Å²) < 4.78 is 5.65. The normalized spacial score (nSPS) is 10.7. The number of nitrogens with zero attached hydrogens (tertiary/aromatic N) is 1. The van der Waals surface area contributed by atoms with Gasteiger partial charge in [0.05, 0.1) is 12.3 Å². The fourth-order valence-corrected chi connectivity index (χ4v) is 3.48. The second kappa shape index (κ2) is 10.4. The van der Waals surface area contributed by atoms with E-state index in [9.17, 15) is 4.79 Å². The van der Waals surface area contributed by atoms with Gasteiger partial charge < -0.3 is 9.72 Å². The molecular formula is C17H22N2O2S2. The molecule has 0 aliphatic rings. The van der Waals surface area contributed by atoms with E-state index in [1.807, 2.05) is 42.1 Å². The molecule has 1 aromatic carbocycles. The molecule has 0 saturated heterocycles. The molecule has 0 amide bonds. The molecule has 1 aromatic heterocycles. The fraction of sp³-hybridized carbons (Fsp3) is 0.412. The molecule has 0 aliphatic heterocycles. The molecule has 0 atom stereocenters. The van der Waals surface area contributed by atoms with Crippen molar-refractivity contribution < 1.29 is 4.74 Å². The summed E-state index contributed by atoms with van der Waals surface area (Å²) >= 11 is 3.38. The topological polar surface area (TPSA) is 55.0 Å². The predicted octanol–water partition coefficient (Wildman–Crippen LogP) is 3.97. The quantitative estimate of drug-likeness (QED) is 0.399. The summed E-state index contributed by atoms with van der Waals surface area (Å²) in [5, 5.41) is 0.698. The molecule has 6 heteroatoms. The molecule has 0 fully saturated rings. The molecule has 0 aliphatic carbocycles. The van der Waals surface area contributed by atoms with Crippen LogP contribution in [0.5, 0.6) is 5.75 Å². The Morgan fingerprint density at radius 1 is 1.22 bits per heavy atom. The van der Waals surface area contributed by atoms with Crippen molar-refractivity contribution in [2.45, 2.75) is 30.7 Å². The lowest BCUT2D eigenvalue weighted by atomic mass is 10.3. The van der Waals surface area contributed by atoms with Crippen molar-refractivity contribution in [3.8, 4) is 5.75 Å². The van der Waals surface area contributed by atoms with Crippen molar-refractivity contribution in [1.29, 1.82) is 0 Å². The Labute approximate surface area is 145 Å². The number of rotatable bonds is 10. The van der Waals surface area contributed by atoms with Crippen LogP contribution in [-0.2, 0) is 5.75 Å². The van der Waals surface area contributed by atoms with Crippen LogP contribution in [0.3, 0.4) is 0 Å². The highest BCUT2D eigenvalue weighted by Gasteiger charge is 2.03. The molecule has 23 heavy (non-hydrogen) atoms. The van der Waals surface area contributed by atoms with E-state index < -0.39 is 0 Å². The Kier molecular flexibility index (Phi) is 8.11.